The van der Waals surface area contributed by atoms with Gasteiger partial charge in [0, 0.05) is 12.2 Å². The molecule has 0 bridgehead atoms. The molecule has 2 saturated heterocycles. The van der Waals surface area contributed by atoms with Crippen molar-refractivity contribution in [2.24, 2.45) is 0 Å². The van der Waals surface area contributed by atoms with Crippen LogP contribution in [0.25, 0.3) is 0 Å². The standard InChI is InChI=1S/C13H16F3N3O5S/c1-12-3-2-9(21)19(12)7(5-25-12)10(22)24-4-8(20)18-11(23)17-6-13(14,15)16/h7H,2-6H2,1H3,(H2,17,18,20,23)/t7-,12+/m0/s1. The number of imide groups is 1. The van der Waals surface area contributed by atoms with Gasteiger partial charge in [0.1, 0.15) is 12.6 Å². The summed E-state index contributed by atoms with van der Waals surface area (Å²) in [7, 11) is 0. The number of thioether (sulfide) groups is 1. The van der Waals surface area contributed by atoms with E-state index in [0.29, 0.717) is 18.6 Å². The number of esters is 1. The summed E-state index contributed by atoms with van der Waals surface area (Å²) in [6.07, 6.45) is -3.67. The highest BCUT2D eigenvalue weighted by molar-refractivity contribution is 8.01. The van der Waals surface area contributed by atoms with Gasteiger partial charge in [-0.25, -0.2) is 9.59 Å². The van der Waals surface area contributed by atoms with Crippen LogP contribution in [0.5, 0.6) is 0 Å². The third kappa shape index (κ3) is 4.77. The molecule has 2 rings (SSSR count). The Kier molecular flexibility index (Phi) is 5.49. The fraction of sp³-hybridized carbons (Fsp3) is 0.692. The van der Waals surface area contributed by atoms with Crippen LogP contribution in [-0.4, -0.2) is 64.7 Å². The lowest BCUT2D eigenvalue weighted by atomic mass is 10.2. The largest absolute Gasteiger partial charge is 0.454 e. The van der Waals surface area contributed by atoms with Crippen LogP contribution >= 0.6 is 11.8 Å². The Morgan fingerprint density at radius 1 is 1.40 bits per heavy atom. The second-order valence-corrected chi connectivity index (χ2v) is 7.22. The van der Waals surface area contributed by atoms with Crippen LogP contribution in [-0.2, 0) is 19.1 Å². The van der Waals surface area contributed by atoms with Gasteiger partial charge in [-0.05, 0) is 13.3 Å². The van der Waals surface area contributed by atoms with Gasteiger partial charge in [0.15, 0.2) is 6.61 Å². The summed E-state index contributed by atoms with van der Waals surface area (Å²) in [5.74, 6) is -1.72. The molecule has 0 aliphatic carbocycles. The lowest BCUT2D eigenvalue weighted by Crippen LogP contribution is -2.48. The number of urea groups is 1. The van der Waals surface area contributed by atoms with Gasteiger partial charge in [-0.1, -0.05) is 0 Å². The molecule has 4 amide bonds. The minimum atomic E-state index is -4.61. The van der Waals surface area contributed by atoms with Gasteiger partial charge in [-0.2, -0.15) is 13.2 Å². The molecule has 2 aliphatic heterocycles. The normalized spacial score (nSPS) is 25.5. The number of hydrogen-bond donors (Lipinski definition) is 2. The summed E-state index contributed by atoms with van der Waals surface area (Å²) in [5, 5.41) is 3.05. The van der Waals surface area contributed by atoms with Gasteiger partial charge >= 0.3 is 18.2 Å². The first-order valence-corrected chi connectivity index (χ1v) is 8.27. The zero-order chi connectivity index (χ0) is 18.8. The van der Waals surface area contributed by atoms with Crippen molar-refractivity contribution in [3.63, 3.8) is 0 Å². The highest BCUT2D eigenvalue weighted by atomic mass is 32.2. The van der Waals surface area contributed by atoms with Crippen LogP contribution in [0.3, 0.4) is 0 Å². The molecule has 0 radical (unpaired) electrons. The Morgan fingerprint density at radius 2 is 2.08 bits per heavy atom. The molecule has 0 unspecified atom stereocenters. The van der Waals surface area contributed by atoms with Gasteiger partial charge in [-0.3, -0.25) is 14.9 Å². The lowest BCUT2D eigenvalue weighted by Gasteiger charge is -2.29. The third-order valence-electron chi connectivity index (χ3n) is 3.76. The highest BCUT2D eigenvalue weighted by Crippen LogP contribution is 2.47. The van der Waals surface area contributed by atoms with E-state index in [-0.39, 0.29) is 5.91 Å². The zero-order valence-electron chi connectivity index (χ0n) is 13.1. The van der Waals surface area contributed by atoms with E-state index in [9.17, 15) is 32.3 Å². The average Bonchev–Trinajstić information content (AvgIpc) is 2.99. The number of halogens is 3. The first-order valence-electron chi connectivity index (χ1n) is 7.29. The minimum Gasteiger partial charge on any atom is -0.454 e. The smallest absolute Gasteiger partial charge is 0.405 e. The molecule has 2 aliphatic rings. The number of rotatable bonds is 4. The Bertz CT molecular complexity index is 600. The van der Waals surface area contributed by atoms with Crippen LogP contribution in [0.4, 0.5) is 18.0 Å². The van der Waals surface area contributed by atoms with E-state index in [4.69, 9.17) is 4.74 Å². The number of nitrogens with one attached hydrogen (secondary N) is 2. The Hall–Kier alpha value is -1.98. The van der Waals surface area contributed by atoms with Crippen molar-refractivity contribution in [1.82, 2.24) is 15.5 Å². The monoisotopic (exact) mass is 383 g/mol. The Balaban J connectivity index is 1.77. The van der Waals surface area contributed by atoms with Crippen molar-refractivity contribution in [3.8, 4) is 0 Å². The quantitative estimate of drug-likeness (QED) is 0.680. The summed E-state index contributed by atoms with van der Waals surface area (Å²) in [5.41, 5.74) is 0. The van der Waals surface area contributed by atoms with Crippen molar-refractivity contribution >= 4 is 35.6 Å². The maximum Gasteiger partial charge on any atom is 0.405 e. The number of alkyl halides is 3. The van der Waals surface area contributed by atoms with Crippen LogP contribution in [0, 0.1) is 0 Å². The molecular weight excluding hydrogens is 367 g/mol. The molecule has 2 N–H and O–H groups in total. The van der Waals surface area contributed by atoms with Gasteiger partial charge in [-0.15, -0.1) is 11.8 Å². The van der Waals surface area contributed by atoms with E-state index in [1.54, 1.807) is 5.32 Å². The molecule has 0 aromatic rings. The van der Waals surface area contributed by atoms with Gasteiger partial charge in [0.25, 0.3) is 5.91 Å². The van der Waals surface area contributed by atoms with E-state index >= 15 is 0 Å². The fourth-order valence-electron chi connectivity index (χ4n) is 2.62. The van der Waals surface area contributed by atoms with Crippen molar-refractivity contribution in [3.05, 3.63) is 0 Å². The predicted molar refractivity (Wildman–Crippen MR) is 79.3 cm³/mol. The Morgan fingerprint density at radius 3 is 2.72 bits per heavy atom. The van der Waals surface area contributed by atoms with E-state index in [2.05, 4.69) is 0 Å². The predicted octanol–water partition coefficient (Wildman–Crippen LogP) is 0.372. The number of carbonyl (C=O) groups excluding carboxylic acids is 4. The topological polar surface area (TPSA) is 105 Å². The number of carbonyl (C=O) groups is 4. The highest BCUT2D eigenvalue weighted by Gasteiger charge is 2.53. The summed E-state index contributed by atoms with van der Waals surface area (Å²) < 4.78 is 40.5. The lowest BCUT2D eigenvalue weighted by molar-refractivity contribution is -0.156. The second-order valence-electron chi connectivity index (χ2n) is 5.72. The van der Waals surface area contributed by atoms with Crippen molar-refractivity contribution in [2.45, 2.75) is 36.9 Å². The van der Waals surface area contributed by atoms with E-state index in [1.807, 2.05) is 6.92 Å². The van der Waals surface area contributed by atoms with Crippen molar-refractivity contribution < 1.29 is 37.1 Å². The molecule has 0 saturated carbocycles. The fourth-order valence-corrected chi connectivity index (χ4v) is 4.03. The first kappa shape index (κ1) is 19.3. The van der Waals surface area contributed by atoms with Crippen LogP contribution in [0.15, 0.2) is 0 Å². The van der Waals surface area contributed by atoms with Crippen molar-refractivity contribution in [2.75, 3.05) is 18.9 Å². The number of ether oxygens (including phenoxy) is 1. The summed E-state index contributed by atoms with van der Waals surface area (Å²) >= 11 is 1.44. The SMILES string of the molecule is C[C@@]12CCC(=O)N1[C@H](C(=O)OCC(=O)NC(=O)NCC(F)(F)F)CS2. The van der Waals surface area contributed by atoms with Gasteiger partial charge in [0.05, 0.1) is 4.87 Å². The maximum atomic E-state index is 12.1. The maximum absolute atomic E-state index is 12.1. The second kappa shape index (κ2) is 7.10. The molecule has 12 heteroatoms. The Labute approximate surface area is 144 Å². The van der Waals surface area contributed by atoms with E-state index in [0.717, 1.165) is 0 Å². The van der Waals surface area contributed by atoms with Crippen LogP contribution < -0.4 is 10.6 Å². The summed E-state index contributed by atoms with van der Waals surface area (Å²) in [6, 6.07) is -2.17. The molecule has 2 fully saturated rings. The molecule has 140 valence electrons. The molecule has 25 heavy (non-hydrogen) atoms. The summed E-state index contributed by atoms with van der Waals surface area (Å²) in [4.78, 5) is 47.5. The van der Waals surface area contributed by atoms with Crippen molar-refractivity contribution in [1.29, 1.82) is 0 Å². The molecule has 8 nitrogen and oxygen atoms in total. The number of nitrogens with zero attached hydrogens (tertiary/aromatic N) is 1. The molecule has 0 aromatic heterocycles. The molecular formula is C13H16F3N3O5S. The first-order chi connectivity index (χ1) is 11.5. The van der Waals surface area contributed by atoms with Crippen LogP contribution in [0.1, 0.15) is 19.8 Å². The molecule has 2 atom stereocenters. The number of amides is 4. The minimum absolute atomic E-state index is 0.176. The summed E-state index contributed by atoms with van der Waals surface area (Å²) in [6.45, 7) is -0.591. The molecule has 2 heterocycles. The molecule has 0 spiro atoms. The zero-order valence-corrected chi connectivity index (χ0v) is 14.0. The van der Waals surface area contributed by atoms with Gasteiger partial charge < -0.3 is 15.0 Å². The third-order valence-corrected chi connectivity index (χ3v) is 5.27. The molecule has 0 aromatic carbocycles. The van der Waals surface area contributed by atoms with Crippen LogP contribution in [0.2, 0.25) is 0 Å². The average molecular weight is 383 g/mol. The number of hydrogen-bond acceptors (Lipinski definition) is 6. The van der Waals surface area contributed by atoms with E-state index in [1.165, 1.54) is 22.0 Å². The van der Waals surface area contributed by atoms with E-state index < -0.39 is 48.1 Å². The van der Waals surface area contributed by atoms with Gasteiger partial charge in [0.2, 0.25) is 5.91 Å². The number of fused-ring (bicyclic) bond motifs is 1.